The molecule has 0 heterocycles. The number of carboxylic acids is 1. The summed E-state index contributed by atoms with van der Waals surface area (Å²) >= 11 is 0. The van der Waals surface area contributed by atoms with Crippen LogP contribution in [0.5, 0.6) is 5.75 Å². The van der Waals surface area contributed by atoms with Crippen LogP contribution in [0.4, 0.5) is 0 Å². The van der Waals surface area contributed by atoms with E-state index in [0.29, 0.717) is 0 Å². The van der Waals surface area contributed by atoms with Gasteiger partial charge in [0.15, 0.2) is 0 Å². The third-order valence-corrected chi connectivity index (χ3v) is 4.15. The van der Waals surface area contributed by atoms with Crippen molar-refractivity contribution in [2.45, 2.75) is 18.6 Å². The summed E-state index contributed by atoms with van der Waals surface area (Å²) < 4.78 is 6.25. The van der Waals surface area contributed by atoms with Crippen molar-refractivity contribution in [1.82, 2.24) is 0 Å². The lowest BCUT2D eigenvalue weighted by molar-refractivity contribution is -0.138. The Morgan fingerprint density at radius 3 is 1.81 bits per heavy atom. The second-order valence-corrected chi connectivity index (χ2v) is 6.11. The van der Waals surface area contributed by atoms with Gasteiger partial charge in [0.2, 0.25) is 0 Å². The van der Waals surface area contributed by atoms with Crippen molar-refractivity contribution < 1.29 is 14.6 Å². The van der Waals surface area contributed by atoms with Gasteiger partial charge in [-0.05, 0) is 35.2 Å². The van der Waals surface area contributed by atoms with Crippen molar-refractivity contribution in [3.05, 3.63) is 102 Å². The van der Waals surface area contributed by atoms with Crippen molar-refractivity contribution >= 4 is 5.97 Å². The van der Waals surface area contributed by atoms with E-state index in [-0.39, 0.29) is 12.5 Å². The summed E-state index contributed by atoms with van der Waals surface area (Å²) in [6, 6.07) is 26.6. The molecule has 3 aromatic carbocycles. The number of hydrogen-bond acceptors (Lipinski definition) is 3. The predicted molar refractivity (Wildman–Crippen MR) is 101 cm³/mol. The average Bonchev–Trinajstić information content (AvgIpc) is 2.68. The fraction of sp³-hybridized carbons (Fsp3) is 0.136. The highest BCUT2D eigenvalue weighted by Crippen LogP contribution is 2.28. The summed E-state index contributed by atoms with van der Waals surface area (Å²) in [5.41, 5.74) is 8.58. The molecule has 0 fully saturated rings. The lowest BCUT2D eigenvalue weighted by atomic mass is 10.0. The van der Waals surface area contributed by atoms with Gasteiger partial charge in [0, 0.05) is 0 Å². The molecular weight excluding hydrogens is 326 g/mol. The molecule has 0 aliphatic heterocycles. The van der Waals surface area contributed by atoms with Crippen LogP contribution in [-0.4, -0.2) is 17.1 Å². The van der Waals surface area contributed by atoms with Gasteiger partial charge in [-0.2, -0.15) is 0 Å². The van der Waals surface area contributed by atoms with Gasteiger partial charge in [-0.3, -0.25) is 4.79 Å². The normalized spacial score (nSPS) is 11.9. The molecule has 3 aromatic rings. The van der Waals surface area contributed by atoms with E-state index in [4.69, 9.17) is 15.6 Å². The van der Waals surface area contributed by atoms with Crippen LogP contribution < -0.4 is 10.5 Å². The van der Waals surface area contributed by atoms with E-state index in [2.05, 4.69) is 0 Å². The molecule has 0 aromatic heterocycles. The second-order valence-electron chi connectivity index (χ2n) is 6.11. The smallest absolute Gasteiger partial charge is 0.320 e. The molecule has 0 saturated carbocycles. The molecule has 0 saturated heterocycles. The molecule has 4 heteroatoms. The summed E-state index contributed by atoms with van der Waals surface area (Å²) in [6.07, 6.45) is 0.0701. The first-order valence-electron chi connectivity index (χ1n) is 8.47. The Morgan fingerprint density at radius 1 is 0.846 bits per heavy atom. The van der Waals surface area contributed by atoms with Crippen LogP contribution in [0.2, 0.25) is 0 Å². The number of aliphatic carboxylic acids is 1. The second kappa shape index (κ2) is 8.32. The van der Waals surface area contributed by atoms with Crippen molar-refractivity contribution in [2.75, 3.05) is 0 Å². The predicted octanol–water partition coefficient (Wildman–Crippen LogP) is 3.81. The van der Waals surface area contributed by atoms with Crippen LogP contribution in [0, 0.1) is 0 Å². The molecule has 3 N–H and O–H groups in total. The first kappa shape index (κ1) is 17.7. The average molecular weight is 347 g/mol. The molecule has 0 aliphatic carbocycles. The minimum Gasteiger partial charge on any atom is -0.481 e. The number of nitrogens with two attached hydrogens (primary N) is 1. The van der Waals surface area contributed by atoms with Gasteiger partial charge in [0.1, 0.15) is 17.9 Å². The van der Waals surface area contributed by atoms with Crippen molar-refractivity contribution in [3.63, 3.8) is 0 Å². The van der Waals surface area contributed by atoms with E-state index in [1.165, 1.54) is 0 Å². The first-order valence-corrected chi connectivity index (χ1v) is 8.47. The lowest BCUT2D eigenvalue weighted by Gasteiger charge is -2.20. The SMILES string of the molecule is N[C@H](Cc1ccc(OC(c2ccccc2)c2ccccc2)cc1)C(=O)O. The number of carbonyl (C=O) groups is 1. The zero-order valence-corrected chi connectivity index (χ0v) is 14.3. The molecule has 0 spiro atoms. The molecule has 0 bridgehead atoms. The number of rotatable bonds is 7. The summed E-state index contributed by atoms with van der Waals surface area (Å²) in [4.78, 5) is 10.9. The van der Waals surface area contributed by atoms with Gasteiger partial charge >= 0.3 is 5.97 Å². The fourth-order valence-electron chi connectivity index (χ4n) is 2.77. The lowest BCUT2D eigenvalue weighted by Crippen LogP contribution is -2.32. The van der Waals surface area contributed by atoms with Gasteiger partial charge in [0.05, 0.1) is 0 Å². The molecule has 1 atom stereocenters. The van der Waals surface area contributed by atoms with E-state index in [9.17, 15) is 4.79 Å². The van der Waals surface area contributed by atoms with Gasteiger partial charge in [0.25, 0.3) is 0 Å². The maximum Gasteiger partial charge on any atom is 0.320 e. The maximum absolute atomic E-state index is 10.9. The van der Waals surface area contributed by atoms with E-state index < -0.39 is 12.0 Å². The highest BCUT2D eigenvalue weighted by molar-refractivity contribution is 5.73. The summed E-state index contributed by atoms with van der Waals surface area (Å²) in [7, 11) is 0. The van der Waals surface area contributed by atoms with Crippen LogP contribution >= 0.6 is 0 Å². The molecule has 0 amide bonds. The zero-order chi connectivity index (χ0) is 18.4. The minimum atomic E-state index is -1.00. The molecule has 0 radical (unpaired) electrons. The Bertz CT molecular complexity index is 793. The monoisotopic (exact) mass is 347 g/mol. The largest absolute Gasteiger partial charge is 0.481 e. The van der Waals surface area contributed by atoms with Crippen molar-refractivity contribution in [3.8, 4) is 5.75 Å². The molecule has 132 valence electrons. The van der Waals surface area contributed by atoms with Crippen LogP contribution in [-0.2, 0) is 11.2 Å². The van der Waals surface area contributed by atoms with Gasteiger partial charge in [-0.25, -0.2) is 0 Å². The van der Waals surface area contributed by atoms with E-state index in [1.54, 1.807) is 0 Å². The Kier molecular flexibility index (Phi) is 5.66. The molecule has 3 rings (SSSR count). The molecule has 0 unspecified atom stereocenters. The minimum absolute atomic E-state index is 0.218. The number of hydrogen-bond donors (Lipinski definition) is 2. The standard InChI is InChI=1S/C22H21NO3/c23-20(22(24)25)15-16-11-13-19(14-12-16)26-21(17-7-3-1-4-8-17)18-9-5-2-6-10-18/h1-14,20-21H,15,23H2,(H,24,25)/t20-/m1/s1. The zero-order valence-electron chi connectivity index (χ0n) is 14.3. The molecule has 4 nitrogen and oxygen atoms in total. The van der Waals surface area contributed by atoms with Crippen LogP contribution in [0.1, 0.15) is 22.8 Å². The topological polar surface area (TPSA) is 72.5 Å². The quantitative estimate of drug-likeness (QED) is 0.682. The first-order chi connectivity index (χ1) is 12.6. The van der Waals surface area contributed by atoms with E-state index in [1.807, 2.05) is 84.9 Å². The fourth-order valence-corrected chi connectivity index (χ4v) is 2.77. The van der Waals surface area contributed by atoms with Crippen LogP contribution in [0.25, 0.3) is 0 Å². The Morgan fingerprint density at radius 2 is 1.35 bits per heavy atom. The molecule has 26 heavy (non-hydrogen) atoms. The highest BCUT2D eigenvalue weighted by Gasteiger charge is 2.16. The Balaban J connectivity index is 1.80. The van der Waals surface area contributed by atoms with E-state index in [0.717, 1.165) is 22.4 Å². The van der Waals surface area contributed by atoms with Gasteiger partial charge in [-0.15, -0.1) is 0 Å². The third-order valence-electron chi connectivity index (χ3n) is 4.15. The molecular formula is C22H21NO3. The highest BCUT2D eigenvalue weighted by atomic mass is 16.5. The summed E-state index contributed by atoms with van der Waals surface area (Å²) in [6.45, 7) is 0. The van der Waals surface area contributed by atoms with Gasteiger partial charge < -0.3 is 15.6 Å². The number of benzene rings is 3. The summed E-state index contributed by atoms with van der Waals surface area (Å²) in [5, 5.41) is 8.92. The Hall–Kier alpha value is -3.11. The molecule has 0 aliphatic rings. The van der Waals surface area contributed by atoms with Gasteiger partial charge in [-0.1, -0.05) is 72.8 Å². The number of ether oxygens (including phenoxy) is 1. The van der Waals surface area contributed by atoms with Crippen molar-refractivity contribution in [2.24, 2.45) is 5.73 Å². The number of carboxylic acid groups (broad SMARTS) is 1. The van der Waals surface area contributed by atoms with Crippen LogP contribution in [0.15, 0.2) is 84.9 Å². The Labute approximate surface area is 152 Å². The van der Waals surface area contributed by atoms with Crippen LogP contribution in [0.3, 0.4) is 0 Å². The van der Waals surface area contributed by atoms with E-state index >= 15 is 0 Å². The summed E-state index contributed by atoms with van der Waals surface area (Å²) in [5.74, 6) is -0.283. The maximum atomic E-state index is 10.9. The van der Waals surface area contributed by atoms with Crippen molar-refractivity contribution in [1.29, 1.82) is 0 Å². The third kappa shape index (κ3) is 4.49.